The molecule has 1 atom stereocenters. The van der Waals surface area contributed by atoms with Crippen molar-refractivity contribution >= 4 is 56.7 Å². The molecule has 0 saturated carbocycles. The molecule has 0 spiro atoms. The molecule has 12 nitrogen and oxygen atoms in total. The normalized spacial score (nSPS) is 16.1. The summed E-state index contributed by atoms with van der Waals surface area (Å²) in [6.45, 7) is -0.358. The molecule has 1 N–H and O–H groups in total. The zero-order valence-electron chi connectivity index (χ0n) is 26.4. The number of hydrogen-bond acceptors (Lipinski definition) is 6. The molecule has 2 heterocycles. The van der Waals surface area contributed by atoms with E-state index < -0.39 is 34.2 Å². The van der Waals surface area contributed by atoms with E-state index in [0.717, 1.165) is 4.31 Å². The number of Topliss-reactive ketones (excluding diaryl/α,β-unsaturated/α-hetero) is 1. The van der Waals surface area contributed by atoms with Gasteiger partial charge >= 0.3 is 22.3 Å². The molecule has 0 unspecified atom stereocenters. The van der Waals surface area contributed by atoms with Crippen LogP contribution in [-0.4, -0.2) is 86.0 Å². The average Bonchev–Trinajstić information content (AvgIpc) is 3.22. The minimum absolute atomic E-state index is 0.0427. The Labute approximate surface area is 278 Å². The van der Waals surface area contributed by atoms with Gasteiger partial charge in [-0.15, -0.1) is 0 Å². The largest absolute Gasteiger partial charge is 0.329 e. The van der Waals surface area contributed by atoms with Gasteiger partial charge in [-0.05, 0) is 48.0 Å². The lowest BCUT2D eigenvalue weighted by Gasteiger charge is -2.43. The van der Waals surface area contributed by atoms with Crippen molar-refractivity contribution in [1.29, 1.82) is 0 Å². The Kier molecular flexibility index (Phi) is 8.98. The van der Waals surface area contributed by atoms with Crippen molar-refractivity contribution in [1.82, 2.24) is 18.8 Å². The van der Waals surface area contributed by atoms with E-state index in [1.165, 1.54) is 33.7 Å². The number of amides is 5. The quantitative estimate of drug-likeness (QED) is 0.333. The van der Waals surface area contributed by atoms with Crippen molar-refractivity contribution in [3.8, 4) is 0 Å². The molecule has 4 aromatic carbocycles. The standard InChI is InChI=1S/C35H34N6O6S/c1-37(2)48(46,47)36-33(43)31-24-38(34(44)40(26-14-5-3-6-15-26)27-16-7-4-8-17-27)21-22-39(31)35(45)41-29-19-11-9-13-25(29)23-32(42)28-18-10-12-20-30(28)41/h3-20,31H,21-24H2,1-2H3,(H,36,43)/t31-/m0/s1. The molecular formula is C35H34N6O6S. The Morgan fingerprint density at radius 2 is 1.31 bits per heavy atom. The van der Waals surface area contributed by atoms with Crippen molar-refractivity contribution in [2.45, 2.75) is 12.5 Å². The topological polar surface area (TPSA) is 131 Å². The van der Waals surface area contributed by atoms with Crippen molar-refractivity contribution < 1.29 is 27.6 Å². The van der Waals surface area contributed by atoms with Crippen molar-refractivity contribution in [3.63, 3.8) is 0 Å². The third-order valence-electron chi connectivity index (χ3n) is 8.35. The van der Waals surface area contributed by atoms with Crippen LogP contribution in [0.2, 0.25) is 0 Å². The minimum Gasteiger partial charge on any atom is -0.320 e. The lowest BCUT2D eigenvalue weighted by Crippen LogP contribution is -2.65. The maximum Gasteiger partial charge on any atom is 0.329 e. The number of carbonyl (C=O) groups is 4. The first-order valence-electron chi connectivity index (χ1n) is 15.3. The number of urea groups is 2. The molecular weight excluding hydrogens is 632 g/mol. The highest BCUT2D eigenvalue weighted by molar-refractivity contribution is 7.87. The number of carbonyl (C=O) groups excluding carboxylic acids is 4. The molecule has 0 aliphatic carbocycles. The van der Waals surface area contributed by atoms with E-state index in [1.54, 1.807) is 97.1 Å². The number of rotatable bonds is 5. The lowest BCUT2D eigenvalue weighted by molar-refractivity contribution is -0.125. The SMILES string of the molecule is CN(C)S(=O)(=O)NC(=O)[C@@H]1CN(C(=O)N(c2ccccc2)c2ccccc2)CCN1C(=O)N1c2ccccc2CC(=O)c2ccccc21. The molecule has 1 saturated heterocycles. The number of benzene rings is 4. The second-order valence-electron chi connectivity index (χ2n) is 11.6. The van der Waals surface area contributed by atoms with Gasteiger partial charge in [-0.25, -0.2) is 14.3 Å². The van der Waals surface area contributed by atoms with Crippen LogP contribution < -0.4 is 14.5 Å². The average molecular weight is 667 g/mol. The number of nitrogens with one attached hydrogen (secondary N) is 1. The van der Waals surface area contributed by atoms with Crippen LogP contribution in [0, 0.1) is 0 Å². The summed E-state index contributed by atoms with van der Waals surface area (Å²) in [5.41, 5.74) is 2.96. The number of ketones is 1. The van der Waals surface area contributed by atoms with Crippen LogP contribution in [0.4, 0.5) is 32.3 Å². The van der Waals surface area contributed by atoms with Crippen molar-refractivity contribution in [2.24, 2.45) is 0 Å². The minimum atomic E-state index is -4.25. The van der Waals surface area contributed by atoms with E-state index in [4.69, 9.17) is 0 Å². The fraction of sp³-hybridized carbons (Fsp3) is 0.200. The van der Waals surface area contributed by atoms with Gasteiger partial charge in [-0.1, -0.05) is 66.7 Å². The number of piperazine rings is 1. The summed E-state index contributed by atoms with van der Waals surface area (Å²) < 4.78 is 28.5. The van der Waals surface area contributed by atoms with Crippen LogP contribution in [-0.2, 0) is 21.4 Å². The first kappa shape index (κ1) is 32.4. The smallest absolute Gasteiger partial charge is 0.320 e. The fourth-order valence-corrected chi connectivity index (χ4v) is 6.45. The Hall–Kier alpha value is -5.53. The van der Waals surface area contributed by atoms with Crippen LogP contribution in [0.25, 0.3) is 0 Å². The summed E-state index contributed by atoms with van der Waals surface area (Å²) in [7, 11) is -1.70. The predicted molar refractivity (Wildman–Crippen MR) is 182 cm³/mol. The van der Waals surface area contributed by atoms with Gasteiger partial charge in [0.25, 0.3) is 5.91 Å². The summed E-state index contributed by atoms with van der Waals surface area (Å²) in [4.78, 5) is 61.7. The molecule has 246 valence electrons. The predicted octanol–water partition coefficient (Wildman–Crippen LogP) is 4.55. The van der Waals surface area contributed by atoms with E-state index in [0.29, 0.717) is 33.9 Å². The van der Waals surface area contributed by atoms with Crippen LogP contribution in [0.1, 0.15) is 15.9 Å². The van der Waals surface area contributed by atoms with Crippen LogP contribution in [0.3, 0.4) is 0 Å². The Morgan fingerprint density at radius 1 is 0.750 bits per heavy atom. The third-order valence-corrected chi connectivity index (χ3v) is 9.77. The first-order valence-corrected chi connectivity index (χ1v) is 16.7. The molecule has 0 bridgehead atoms. The molecule has 13 heteroatoms. The van der Waals surface area contributed by atoms with Gasteiger partial charge in [-0.2, -0.15) is 12.7 Å². The highest BCUT2D eigenvalue weighted by Gasteiger charge is 2.43. The summed E-state index contributed by atoms with van der Waals surface area (Å²) in [5.74, 6) is -1.15. The molecule has 0 aromatic heterocycles. The van der Waals surface area contributed by atoms with Gasteiger partial charge < -0.3 is 9.80 Å². The third kappa shape index (κ3) is 6.25. The number of fused-ring (bicyclic) bond motifs is 2. The van der Waals surface area contributed by atoms with Gasteiger partial charge in [0.2, 0.25) is 0 Å². The van der Waals surface area contributed by atoms with Gasteiger partial charge in [0, 0.05) is 39.2 Å². The van der Waals surface area contributed by atoms with Gasteiger partial charge in [0.05, 0.1) is 29.3 Å². The molecule has 2 aliphatic heterocycles. The fourth-order valence-electron chi connectivity index (χ4n) is 5.88. The van der Waals surface area contributed by atoms with E-state index in [1.807, 2.05) is 12.1 Å². The lowest BCUT2D eigenvalue weighted by atomic mass is 10.0. The summed E-state index contributed by atoms with van der Waals surface area (Å²) in [5, 5.41) is 0. The molecule has 48 heavy (non-hydrogen) atoms. The first-order chi connectivity index (χ1) is 23.1. The van der Waals surface area contributed by atoms with Crippen molar-refractivity contribution in [3.05, 3.63) is 120 Å². The molecule has 6 rings (SSSR count). The summed E-state index contributed by atoms with van der Waals surface area (Å²) in [6.07, 6.45) is 0.0685. The second kappa shape index (κ2) is 13.3. The zero-order valence-corrected chi connectivity index (χ0v) is 27.2. The molecule has 0 radical (unpaired) electrons. The maximum absolute atomic E-state index is 14.7. The van der Waals surface area contributed by atoms with E-state index >= 15 is 0 Å². The highest BCUT2D eigenvalue weighted by Crippen LogP contribution is 2.37. The number of nitrogens with zero attached hydrogens (tertiary/aromatic N) is 5. The molecule has 2 aliphatic rings. The molecule has 1 fully saturated rings. The van der Waals surface area contributed by atoms with E-state index in [2.05, 4.69) is 4.72 Å². The number of anilines is 4. The highest BCUT2D eigenvalue weighted by atomic mass is 32.2. The number of hydrogen-bond donors (Lipinski definition) is 1. The van der Waals surface area contributed by atoms with Gasteiger partial charge in [0.15, 0.2) is 5.78 Å². The Bertz CT molecular complexity index is 1930. The maximum atomic E-state index is 14.7. The summed E-state index contributed by atoms with van der Waals surface area (Å²) in [6, 6.07) is 29.3. The molecule has 5 amide bonds. The van der Waals surface area contributed by atoms with Crippen molar-refractivity contribution in [2.75, 3.05) is 43.5 Å². The van der Waals surface area contributed by atoms with E-state index in [9.17, 15) is 27.6 Å². The van der Waals surface area contributed by atoms with Crippen LogP contribution >= 0.6 is 0 Å². The monoisotopic (exact) mass is 666 g/mol. The van der Waals surface area contributed by atoms with E-state index in [-0.39, 0.29) is 31.8 Å². The summed E-state index contributed by atoms with van der Waals surface area (Å²) >= 11 is 0. The van der Waals surface area contributed by atoms with Gasteiger partial charge in [0.1, 0.15) is 6.04 Å². The van der Waals surface area contributed by atoms with Crippen LogP contribution in [0.15, 0.2) is 109 Å². The zero-order chi connectivity index (χ0) is 34.0. The Morgan fingerprint density at radius 3 is 1.94 bits per heavy atom. The van der Waals surface area contributed by atoms with Crippen LogP contribution in [0.5, 0.6) is 0 Å². The molecule has 4 aromatic rings. The second-order valence-corrected chi connectivity index (χ2v) is 13.4. The van der Waals surface area contributed by atoms with Gasteiger partial charge in [-0.3, -0.25) is 19.4 Å². The number of para-hydroxylation sites is 4. The Balaban J connectivity index is 1.40.